The Morgan fingerprint density at radius 3 is 2.86 bits per heavy atom. The zero-order valence-corrected chi connectivity index (χ0v) is 20.1. The Morgan fingerprint density at radius 2 is 2.07 bits per heavy atom. The predicted octanol–water partition coefficient (Wildman–Crippen LogP) is 1.43. The summed E-state index contributed by atoms with van der Waals surface area (Å²) in [6.45, 7) is 7.25. The minimum Gasteiger partial charge on any atom is -0.383 e. The molecule has 1 fully saturated rings. The van der Waals surface area contributed by atoms with Crippen LogP contribution in [0.3, 0.4) is 0 Å². The molecule has 0 radical (unpaired) electrons. The molecule has 0 aromatic carbocycles. The van der Waals surface area contributed by atoms with Crippen LogP contribution in [-0.2, 0) is 22.5 Å². The molecule has 1 aliphatic heterocycles. The van der Waals surface area contributed by atoms with E-state index in [2.05, 4.69) is 32.7 Å². The lowest BCUT2D eigenvalue weighted by Crippen LogP contribution is -2.40. The number of likely N-dealkylation sites (tertiary alicyclic amines) is 1. The number of amides is 1. The number of rotatable bonds is 11. The van der Waals surface area contributed by atoms with Gasteiger partial charge in [0.15, 0.2) is 5.96 Å². The molecule has 2 heterocycles. The van der Waals surface area contributed by atoms with Crippen molar-refractivity contribution in [3.8, 4) is 0 Å². The van der Waals surface area contributed by atoms with E-state index in [1.54, 1.807) is 13.4 Å². The highest BCUT2D eigenvalue weighted by molar-refractivity contribution is 14.0. The summed E-state index contributed by atoms with van der Waals surface area (Å²) in [5.74, 6) is 2.04. The third kappa shape index (κ3) is 9.75. The highest BCUT2D eigenvalue weighted by atomic mass is 127. The molecule has 0 spiro atoms. The maximum Gasteiger partial charge on any atom is 0.222 e. The van der Waals surface area contributed by atoms with E-state index >= 15 is 0 Å². The summed E-state index contributed by atoms with van der Waals surface area (Å²) in [6, 6.07) is 0. The number of nitrogens with one attached hydrogen (secondary N) is 2. The van der Waals surface area contributed by atoms with Gasteiger partial charge in [-0.25, -0.2) is 0 Å². The van der Waals surface area contributed by atoms with Gasteiger partial charge in [0.1, 0.15) is 12.2 Å². The highest BCUT2D eigenvalue weighted by Gasteiger charge is 2.15. The van der Waals surface area contributed by atoms with E-state index in [1.165, 1.54) is 0 Å². The van der Waals surface area contributed by atoms with Crippen LogP contribution in [0.1, 0.15) is 44.9 Å². The second kappa shape index (κ2) is 15.4. The molecule has 9 nitrogen and oxygen atoms in total. The number of methoxy groups -OCH3 is 1. The van der Waals surface area contributed by atoms with Gasteiger partial charge < -0.3 is 24.8 Å². The first kappa shape index (κ1) is 25.6. The van der Waals surface area contributed by atoms with Crippen LogP contribution in [0, 0.1) is 0 Å². The summed E-state index contributed by atoms with van der Waals surface area (Å²) in [5.41, 5.74) is 0. The van der Waals surface area contributed by atoms with Crippen molar-refractivity contribution in [1.29, 1.82) is 0 Å². The second-order valence-corrected chi connectivity index (χ2v) is 6.92. The van der Waals surface area contributed by atoms with Gasteiger partial charge in [-0.2, -0.15) is 0 Å². The number of ether oxygens (including phenoxy) is 1. The molecule has 2 rings (SSSR count). The molecule has 10 heteroatoms. The summed E-state index contributed by atoms with van der Waals surface area (Å²) in [5, 5.41) is 14.7. The number of aromatic nitrogens is 3. The normalized spacial score (nSPS) is 15.0. The van der Waals surface area contributed by atoms with Gasteiger partial charge in [0.25, 0.3) is 0 Å². The lowest BCUT2D eigenvalue weighted by atomic mass is 10.2. The summed E-state index contributed by atoms with van der Waals surface area (Å²) >= 11 is 0. The standard InChI is InChI=1S/C19H35N7O2.HI/c1-3-17-24-23-16-26(17)14-10-21-19(22-11-15-28-2)20-9-7-13-25-12-6-4-5-8-18(25)27;/h16H,3-15H2,1-2H3,(H2,20,21,22);1H. The van der Waals surface area contributed by atoms with E-state index in [9.17, 15) is 4.79 Å². The van der Waals surface area contributed by atoms with E-state index in [-0.39, 0.29) is 24.0 Å². The first-order valence-corrected chi connectivity index (χ1v) is 10.4. The van der Waals surface area contributed by atoms with Crippen LogP contribution in [-0.4, -0.2) is 78.0 Å². The maximum absolute atomic E-state index is 12.1. The van der Waals surface area contributed by atoms with E-state index in [0.29, 0.717) is 32.0 Å². The SMILES string of the molecule is CCc1nncn1CCNC(=NCCCN1CCCCCC1=O)NCCOC.I. The Labute approximate surface area is 191 Å². The quantitative estimate of drug-likeness (QED) is 0.198. The van der Waals surface area contributed by atoms with Gasteiger partial charge in [-0.15, -0.1) is 34.2 Å². The molecule has 0 aliphatic carbocycles. The Morgan fingerprint density at radius 1 is 1.24 bits per heavy atom. The molecule has 1 saturated heterocycles. The Hall–Kier alpha value is -1.43. The number of nitrogens with zero attached hydrogens (tertiary/aromatic N) is 5. The molecular formula is C19H36IN7O2. The van der Waals surface area contributed by atoms with Crippen molar-refractivity contribution in [1.82, 2.24) is 30.3 Å². The van der Waals surface area contributed by atoms with Crippen LogP contribution >= 0.6 is 24.0 Å². The van der Waals surface area contributed by atoms with E-state index in [0.717, 1.165) is 70.1 Å². The number of guanidine groups is 1. The van der Waals surface area contributed by atoms with Crippen LogP contribution in [0.4, 0.5) is 0 Å². The monoisotopic (exact) mass is 521 g/mol. The molecule has 0 unspecified atom stereocenters. The van der Waals surface area contributed by atoms with Crippen molar-refractivity contribution in [2.75, 3.05) is 46.4 Å². The number of aryl methyl sites for hydroxylation is 1. The van der Waals surface area contributed by atoms with Gasteiger partial charge in [-0.05, 0) is 19.3 Å². The van der Waals surface area contributed by atoms with Crippen molar-refractivity contribution < 1.29 is 9.53 Å². The average Bonchev–Trinajstić information content (AvgIpc) is 3.06. The molecule has 0 bridgehead atoms. The minimum atomic E-state index is 0. The fourth-order valence-electron chi connectivity index (χ4n) is 3.21. The van der Waals surface area contributed by atoms with Gasteiger partial charge in [0, 0.05) is 59.2 Å². The summed E-state index contributed by atoms with van der Waals surface area (Å²) in [6.07, 6.45) is 7.48. The van der Waals surface area contributed by atoms with Gasteiger partial charge in [0.05, 0.1) is 6.61 Å². The Bertz CT molecular complexity index is 609. The first-order chi connectivity index (χ1) is 13.7. The number of carbonyl (C=O) groups excluding carboxylic acids is 1. The lowest BCUT2D eigenvalue weighted by molar-refractivity contribution is -0.130. The van der Waals surface area contributed by atoms with Crippen molar-refractivity contribution in [2.45, 2.75) is 52.0 Å². The topological polar surface area (TPSA) is 96.7 Å². The van der Waals surface area contributed by atoms with Crippen molar-refractivity contribution in [2.24, 2.45) is 4.99 Å². The fraction of sp³-hybridized carbons (Fsp3) is 0.789. The molecule has 2 N–H and O–H groups in total. The third-order valence-electron chi connectivity index (χ3n) is 4.78. The van der Waals surface area contributed by atoms with Gasteiger partial charge >= 0.3 is 0 Å². The average molecular weight is 521 g/mol. The number of carbonyl (C=O) groups is 1. The fourth-order valence-corrected chi connectivity index (χ4v) is 3.21. The van der Waals surface area contributed by atoms with Crippen LogP contribution in [0.25, 0.3) is 0 Å². The molecule has 1 aromatic heterocycles. The third-order valence-corrected chi connectivity index (χ3v) is 4.78. The first-order valence-electron chi connectivity index (χ1n) is 10.4. The molecule has 1 aliphatic rings. The van der Waals surface area contributed by atoms with Gasteiger partial charge in [-0.1, -0.05) is 13.3 Å². The number of aliphatic imine (C=N–C) groups is 1. The predicted molar refractivity (Wildman–Crippen MR) is 125 cm³/mol. The summed E-state index contributed by atoms with van der Waals surface area (Å²) in [4.78, 5) is 18.7. The summed E-state index contributed by atoms with van der Waals surface area (Å²) < 4.78 is 7.15. The van der Waals surface area contributed by atoms with E-state index in [4.69, 9.17) is 4.74 Å². The largest absolute Gasteiger partial charge is 0.383 e. The summed E-state index contributed by atoms with van der Waals surface area (Å²) in [7, 11) is 1.68. The molecule has 0 saturated carbocycles. The van der Waals surface area contributed by atoms with Crippen LogP contribution < -0.4 is 10.6 Å². The molecular weight excluding hydrogens is 485 g/mol. The molecule has 0 atom stereocenters. The number of hydrogen-bond acceptors (Lipinski definition) is 5. The van der Waals surface area contributed by atoms with E-state index < -0.39 is 0 Å². The molecule has 1 amide bonds. The maximum atomic E-state index is 12.1. The molecule has 29 heavy (non-hydrogen) atoms. The van der Waals surface area contributed by atoms with Gasteiger partial charge in [-0.3, -0.25) is 9.79 Å². The number of halogens is 1. The van der Waals surface area contributed by atoms with Crippen molar-refractivity contribution in [3.63, 3.8) is 0 Å². The van der Waals surface area contributed by atoms with E-state index in [1.807, 2.05) is 9.47 Å². The molecule has 166 valence electrons. The van der Waals surface area contributed by atoms with Crippen LogP contribution in [0.5, 0.6) is 0 Å². The zero-order chi connectivity index (χ0) is 20.0. The second-order valence-electron chi connectivity index (χ2n) is 6.92. The Kier molecular flexibility index (Phi) is 13.6. The lowest BCUT2D eigenvalue weighted by Gasteiger charge is -2.20. The van der Waals surface area contributed by atoms with Crippen molar-refractivity contribution in [3.05, 3.63) is 12.2 Å². The minimum absolute atomic E-state index is 0. The van der Waals surface area contributed by atoms with Crippen LogP contribution in [0.2, 0.25) is 0 Å². The van der Waals surface area contributed by atoms with Gasteiger partial charge in [0.2, 0.25) is 5.91 Å². The number of hydrogen-bond donors (Lipinski definition) is 2. The van der Waals surface area contributed by atoms with Crippen LogP contribution in [0.15, 0.2) is 11.3 Å². The highest BCUT2D eigenvalue weighted by Crippen LogP contribution is 2.11. The molecule has 1 aromatic rings. The smallest absolute Gasteiger partial charge is 0.222 e. The van der Waals surface area contributed by atoms with Crippen molar-refractivity contribution >= 4 is 35.8 Å². The zero-order valence-electron chi connectivity index (χ0n) is 17.7. The Balaban J connectivity index is 0.00000420.